The van der Waals surface area contributed by atoms with E-state index in [1.165, 1.54) is 19.2 Å². The summed E-state index contributed by atoms with van der Waals surface area (Å²) in [6.45, 7) is 0. The van der Waals surface area contributed by atoms with E-state index >= 15 is 0 Å². The molecule has 170 valence electrons. The van der Waals surface area contributed by atoms with Crippen molar-refractivity contribution < 1.29 is 33.6 Å². The molecule has 2 aromatic rings. The second-order valence-corrected chi connectivity index (χ2v) is 7.08. The van der Waals surface area contributed by atoms with Gasteiger partial charge in [0.1, 0.15) is 11.5 Å². The minimum Gasteiger partial charge on any atom is -0.497 e. The molecule has 1 aliphatic heterocycles. The predicted octanol–water partition coefficient (Wildman–Crippen LogP) is 3.26. The van der Waals surface area contributed by atoms with E-state index in [0.29, 0.717) is 40.7 Å². The van der Waals surface area contributed by atoms with Crippen LogP contribution in [0.15, 0.2) is 41.5 Å². The lowest BCUT2D eigenvalue weighted by molar-refractivity contribution is -0.141. The summed E-state index contributed by atoms with van der Waals surface area (Å²) in [6.07, 6.45) is -0.0654. The molecule has 1 aliphatic rings. The lowest BCUT2D eigenvalue weighted by Gasteiger charge is -2.24. The fraction of sp³-hybridized carbons (Fsp3) is 0.348. The van der Waals surface area contributed by atoms with E-state index in [-0.39, 0.29) is 12.8 Å². The molecule has 32 heavy (non-hydrogen) atoms. The molecule has 0 radical (unpaired) electrons. The molecule has 0 aliphatic carbocycles. The number of para-hydroxylation sites is 1. The lowest BCUT2D eigenvalue weighted by atomic mass is 9.97. The SMILES string of the molecule is COc1cc(OC)cc(C2=NN(C(=O)CCC(=O)O)[C@H](c3cccc(OC)c3OC)C2)c1. The molecule has 9 nitrogen and oxygen atoms in total. The van der Waals surface area contributed by atoms with Crippen molar-refractivity contribution in [2.45, 2.75) is 25.3 Å². The highest BCUT2D eigenvalue weighted by atomic mass is 16.5. The molecule has 0 spiro atoms. The summed E-state index contributed by atoms with van der Waals surface area (Å²) in [5.41, 5.74) is 2.09. The monoisotopic (exact) mass is 442 g/mol. The number of hydrogen-bond donors (Lipinski definition) is 1. The second kappa shape index (κ2) is 10.0. The Morgan fingerprint density at radius 2 is 1.69 bits per heavy atom. The van der Waals surface area contributed by atoms with Gasteiger partial charge in [0.05, 0.1) is 46.6 Å². The molecule has 0 aromatic heterocycles. The summed E-state index contributed by atoms with van der Waals surface area (Å²) < 4.78 is 21.7. The lowest BCUT2D eigenvalue weighted by Crippen LogP contribution is -2.27. The van der Waals surface area contributed by atoms with Crippen molar-refractivity contribution in [3.05, 3.63) is 47.5 Å². The number of methoxy groups -OCH3 is 4. The Morgan fingerprint density at radius 3 is 2.25 bits per heavy atom. The smallest absolute Gasteiger partial charge is 0.303 e. The van der Waals surface area contributed by atoms with Crippen LogP contribution < -0.4 is 18.9 Å². The number of carbonyl (C=O) groups is 2. The highest BCUT2D eigenvalue weighted by molar-refractivity contribution is 6.04. The fourth-order valence-corrected chi connectivity index (χ4v) is 3.63. The number of rotatable bonds is 9. The average Bonchev–Trinajstić information content (AvgIpc) is 3.26. The summed E-state index contributed by atoms with van der Waals surface area (Å²) in [4.78, 5) is 24.0. The number of carboxylic acids is 1. The molecule has 1 heterocycles. The molecule has 1 amide bonds. The van der Waals surface area contributed by atoms with Gasteiger partial charge in [0.2, 0.25) is 5.91 Å². The Kier molecular flexibility index (Phi) is 7.19. The molecule has 0 bridgehead atoms. The van der Waals surface area contributed by atoms with Crippen molar-refractivity contribution in [3.8, 4) is 23.0 Å². The molecule has 9 heteroatoms. The molecular weight excluding hydrogens is 416 g/mol. The normalized spacial score (nSPS) is 15.2. The van der Waals surface area contributed by atoms with E-state index in [2.05, 4.69) is 5.10 Å². The van der Waals surface area contributed by atoms with Gasteiger partial charge in [-0.25, -0.2) is 5.01 Å². The maximum atomic E-state index is 12.9. The van der Waals surface area contributed by atoms with Crippen molar-refractivity contribution in [1.29, 1.82) is 0 Å². The fourth-order valence-electron chi connectivity index (χ4n) is 3.63. The Hall–Kier alpha value is -3.75. The molecule has 0 fully saturated rings. The van der Waals surface area contributed by atoms with Crippen molar-refractivity contribution in [3.63, 3.8) is 0 Å². The van der Waals surface area contributed by atoms with Crippen LogP contribution in [0.3, 0.4) is 0 Å². The van der Waals surface area contributed by atoms with Gasteiger partial charge < -0.3 is 24.1 Å². The number of carbonyl (C=O) groups excluding carboxylic acids is 1. The van der Waals surface area contributed by atoms with E-state index in [1.54, 1.807) is 26.4 Å². The number of benzene rings is 2. The van der Waals surface area contributed by atoms with Crippen LogP contribution in [-0.2, 0) is 9.59 Å². The molecule has 0 saturated heterocycles. The maximum absolute atomic E-state index is 12.9. The topological polar surface area (TPSA) is 107 Å². The molecular formula is C23H26N2O7. The minimum absolute atomic E-state index is 0.170. The zero-order valence-electron chi connectivity index (χ0n) is 18.5. The molecule has 1 atom stereocenters. The highest BCUT2D eigenvalue weighted by Crippen LogP contribution is 2.42. The van der Waals surface area contributed by atoms with Gasteiger partial charge >= 0.3 is 5.97 Å². The molecule has 3 rings (SSSR count). The van der Waals surface area contributed by atoms with Gasteiger partial charge in [-0.15, -0.1) is 0 Å². The standard InChI is InChI=1S/C23H26N2O7/c1-29-15-10-14(11-16(12-15)30-2)18-13-19(25(24-18)21(26)8-9-22(27)28)17-6-5-7-20(31-3)23(17)32-4/h5-7,10-12,19H,8-9,13H2,1-4H3,(H,27,28)/t19-/m0/s1. The van der Waals surface area contributed by atoms with Crippen LogP contribution in [-0.4, -0.2) is 56.1 Å². The van der Waals surface area contributed by atoms with Crippen LogP contribution in [0.25, 0.3) is 0 Å². The zero-order valence-corrected chi connectivity index (χ0v) is 18.5. The first-order chi connectivity index (χ1) is 15.4. The largest absolute Gasteiger partial charge is 0.497 e. The minimum atomic E-state index is -1.05. The quantitative estimate of drug-likeness (QED) is 0.635. The average molecular weight is 442 g/mol. The maximum Gasteiger partial charge on any atom is 0.303 e. The number of ether oxygens (including phenoxy) is 4. The predicted molar refractivity (Wildman–Crippen MR) is 117 cm³/mol. The summed E-state index contributed by atoms with van der Waals surface area (Å²) in [5, 5.41) is 14.9. The molecule has 0 saturated carbocycles. The number of nitrogens with zero attached hydrogens (tertiary/aromatic N) is 2. The Bertz CT molecular complexity index is 1010. The van der Waals surface area contributed by atoms with Crippen LogP contribution in [0.4, 0.5) is 0 Å². The van der Waals surface area contributed by atoms with Gasteiger partial charge in [0, 0.05) is 30.0 Å². The molecule has 0 unspecified atom stereocenters. The zero-order chi connectivity index (χ0) is 23.3. The number of amides is 1. The van der Waals surface area contributed by atoms with Gasteiger partial charge in [-0.3, -0.25) is 9.59 Å². The first-order valence-electron chi connectivity index (χ1n) is 9.97. The highest BCUT2D eigenvalue weighted by Gasteiger charge is 2.35. The van der Waals surface area contributed by atoms with Crippen LogP contribution >= 0.6 is 0 Å². The summed E-state index contributed by atoms with van der Waals surface area (Å²) in [7, 11) is 6.18. The summed E-state index contributed by atoms with van der Waals surface area (Å²) in [6, 6.07) is 10.3. The molecule has 1 N–H and O–H groups in total. The van der Waals surface area contributed by atoms with E-state index in [9.17, 15) is 9.59 Å². The third kappa shape index (κ3) is 4.77. The van der Waals surface area contributed by atoms with E-state index in [0.717, 1.165) is 5.56 Å². The van der Waals surface area contributed by atoms with Crippen molar-refractivity contribution in [2.75, 3.05) is 28.4 Å². The number of hydrazone groups is 1. The van der Waals surface area contributed by atoms with Crippen LogP contribution in [0.1, 0.15) is 36.4 Å². The summed E-state index contributed by atoms with van der Waals surface area (Å²) >= 11 is 0. The third-order valence-corrected chi connectivity index (χ3v) is 5.20. The number of hydrogen-bond acceptors (Lipinski definition) is 7. The van der Waals surface area contributed by atoms with Gasteiger partial charge in [0.15, 0.2) is 11.5 Å². The number of carboxylic acid groups (broad SMARTS) is 1. The van der Waals surface area contributed by atoms with Gasteiger partial charge in [0.25, 0.3) is 0 Å². The Labute approximate surface area is 186 Å². The summed E-state index contributed by atoms with van der Waals surface area (Å²) in [5.74, 6) is 0.762. The first kappa shape index (κ1) is 22.9. The Morgan fingerprint density at radius 1 is 1.00 bits per heavy atom. The van der Waals surface area contributed by atoms with Crippen LogP contribution in [0, 0.1) is 0 Å². The van der Waals surface area contributed by atoms with Crippen molar-refractivity contribution in [1.82, 2.24) is 5.01 Å². The van der Waals surface area contributed by atoms with Crippen molar-refractivity contribution in [2.24, 2.45) is 5.10 Å². The van der Waals surface area contributed by atoms with E-state index in [4.69, 9.17) is 24.1 Å². The van der Waals surface area contributed by atoms with Gasteiger partial charge in [-0.1, -0.05) is 12.1 Å². The van der Waals surface area contributed by atoms with Gasteiger partial charge in [-0.2, -0.15) is 5.10 Å². The van der Waals surface area contributed by atoms with Gasteiger partial charge in [-0.05, 0) is 18.2 Å². The third-order valence-electron chi connectivity index (χ3n) is 5.20. The van der Waals surface area contributed by atoms with Crippen LogP contribution in [0.2, 0.25) is 0 Å². The van der Waals surface area contributed by atoms with Crippen molar-refractivity contribution >= 4 is 17.6 Å². The van der Waals surface area contributed by atoms with E-state index in [1.807, 2.05) is 24.3 Å². The number of aliphatic carboxylic acids is 1. The van der Waals surface area contributed by atoms with E-state index < -0.39 is 17.9 Å². The molecule has 2 aromatic carbocycles. The van der Waals surface area contributed by atoms with Crippen LogP contribution in [0.5, 0.6) is 23.0 Å². The Balaban J connectivity index is 2.05. The first-order valence-corrected chi connectivity index (χ1v) is 9.97. The second-order valence-electron chi connectivity index (χ2n) is 7.08.